The number of anilines is 2. The molecule has 2 N–H and O–H groups in total. The van der Waals surface area contributed by atoms with E-state index in [0.717, 1.165) is 6.54 Å². The minimum absolute atomic E-state index is 0.596. The van der Waals surface area contributed by atoms with E-state index in [1.165, 1.54) is 24.9 Å². The molecule has 1 aromatic heterocycles. The second-order valence-electron chi connectivity index (χ2n) is 3.98. The lowest BCUT2D eigenvalue weighted by atomic mass is 10.0. The number of pyridine rings is 1. The molecule has 1 saturated heterocycles. The summed E-state index contributed by atoms with van der Waals surface area (Å²) in [6, 6.07) is 4.56. The number of rotatable bonds is 1. The summed E-state index contributed by atoms with van der Waals surface area (Å²) in [7, 11) is 0. The van der Waals surface area contributed by atoms with E-state index < -0.39 is 0 Å². The molecule has 3 nitrogen and oxygen atoms in total. The first kappa shape index (κ1) is 9.31. The van der Waals surface area contributed by atoms with E-state index in [1.807, 2.05) is 12.3 Å². The van der Waals surface area contributed by atoms with Crippen LogP contribution in [0.25, 0.3) is 0 Å². The van der Waals surface area contributed by atoms with E-state index in [-0.39, 0.29) is 0 Å². The number of nitrogen functional groups attached to an aromatic ring is 1. The van der Waals surface area contributed by atoms with Crippen molar-refractivity contribution < 1.29 is 0 Å². The summed E-state index contributed by atoms with van der Waals surface area (Å²) < 4.78 is 0. The van der Waals surface area contributed by atoms with E-state index >= 15 is 0 Å². The number of nitrogens with two attached hydrogens (primary N) is 1. The van der Waals surface area contributed by atoms with Gasteiger partial charge in [-0.15, -0.1) is 0 Å². The Morgan fingerprint density at radius 3 is 2.93 bits per heavy atom. The first-order valence-electron chi connectivity index (χ1n) is 5.25. The summed E-state index contributed by atoms with van der Waals surface area (Å²) in [6.45, 7) is 3.42. The minimum Gasteiger partial charge on any atom is -0.384 e. The standard InChI is InChI=1S/C11H17N3/c1-9-4-2-3-7-14(9)10-5-6-11(12)13-8-10/h5-6,8-9H,2-4,7H2,1H3,(H2,12,13)/t9-/m1/s1. The zero-order valence-corrected chi connectivity index (χ0v) is 8.61. The number of aromatic nitrogens is 1. The van der Waals surface area contributed by atoms with Gasteiger partial charge < -0.3 is 10.6 Å². The van der Waals surface area contributed by atoms with Crippen molar-refractivity contribution >= 4 is 11.5 Å². The molecule has 3 heteroatoms. The van der Waals surface area contributed by atoms with Crippen LogP contribution in [0.4, 0.5) is 11.5 Å². The van der Waals surface area contributed by atoms with Gasteiger partial charge in [-0.3, -0.25) is 0 Å². The third-order valence-electron chi connectivity index (χ3n) is 2.91. The molecule has 0 saturated carbocycles. The summed E-state index contributed by atoms with van der Waals surface area (Å²) in [6.07, 6.45) is 5.79. The quantitative estimate of drug-likeness (QED) is 0.738. The molecule has 1 aliphatic heterocycles. The van der Waals surface area contributed by atoms with Crippen molar-refractivity contribution in [2.75, 3.05) is 17.2 Å². The van der Waals surface area contributed by atoms with Crippen LogP contribution in [0.1, 0.15) is 26.2 Å². The van der Waals surface area contributed by atoms with Gasteiger partial charge in [0.1, 0.15) is 5.82 Å². The van der Waals surface area contributed by atoms with Gasteiger partial charge in [0.05, 0.1) is 11.9 Å². The molecule has 1 atom stereocenters. The van der Waals surface area contributed by atoms with Gasteiger partial charge in [0.15, 0.2) is 0 Å². The molecule has 1 aliphatic rings. The molecule has 1 aromatic rings. The molecular weight excluding hydrogens is 174 g/mol. The van der Waals surface area contributed by atoms with Gasteiger partial charge >= 0.3 is 0 Å². The Balaban J connectivity index is 2.16. The Bertz CT molecular complexity index is 294. The summed E-state index contributed by atoms with van der Waals surface area (Å²) in [5.74, 6) is 0.596. The van der Waals surface area contributed by atoms with Crippen LogP contribution in [0.15, 0.2) is 18.3 Å². The largest absolute Gasteiger partial charge is 0.384 e. The van der Waals surface area contributed by atoms with Crippen molar-refractivity contribution in [2.45, 2.75) is 32.2 Å². The molecule has 0 unspecified atom stereocenters. The van der Waals surface area contributed by atoms with Crippen molar-refractivity contribution in [1.29, 1.82) is 0 Å². The van der Waals surface area contributed by atoms with Crippen LogP contribution in [0.5, 0.6) is 0 Å². The molecule has 1 fully saturated rings. The molecule has 0 aromatic carbocycles. The van der Waals surface area contributed by atoms with Gasteiger partial charge in [0.25, 0.3) is 0 Å². The minimum atomic E-state index is 0.596. The first-order valence-corrected chi connectivity index (χ1v) is 5.25. The number of nitrogens with zero attached hydrogens (tertiary/aromatic N) is 2. The predicted octanol–water partition coefficient (Wildman–Crippen LogP) is 2.04. The Hall–Kier alpha value is -1.25. The van der Waals surface area contributed by atoms with Gasteiger partial charge in [-0.05, 0) is 38.3 Å². The Morgan fingerprint density at radius 2 is 2.29 bits per heavy atom. The molecular formula is C11H17N3. The first-order chi connectivity index (χ1) is 6.77. The normalized spacial score (nSPS) is 22.4. The molecule has 0 aliphatic carbocycles. The summed E-state index contributed by atoms with van der Waals surface area (Å²) in [5, 5.41) is 0. The zero-order chi connectivity index (χ0) is 9.97. The molecule has 2 heterocycles. The highest BCUT2D eigenvalue weighted by Gasteiger charge is 2.18. The average molecular weight is 191 g/mol. The highest BCUT2D eigenvalue weighted by atomic mass is 15.2. The van der Waals surface area contributed by atoms with Crippen LogP contribution in [0.2, 0.25) is 0 Å². The fourth-order valence-corrected chi connectivity index (χ4v) is 2.05. The van der Waals surface area contributed by atoms with Crippen molar-refractivity contribution in [2.24, 2.45) is 0 Å². The smallest absolute Gasteiger partial charge is 0.123 e. The van der Waals surface area contributed by atoms with Crippen LogP contribution in [0, 0.1) is 0 Å². The maximum Gasteiger partial charge on any atom is 0.123 e. The molecule has 14 heavy (non-hydrogen) atoms. The molecule has 0 bridgehead atoms. The zero-order valence-electron chi connectivity index (χ0n) is 8.61. The highest BCUT2D eigenvalue weighted by Crippen LogP contribution is 2.23. The lowest BCUT2D eigenvalue weighted by Crippen LogP contribution is -2.37. The van der Waals surface area contributed by atoms with Gasteiger partial charge in [-0.1, -0.05) is 0 Å². The van der Waals surface area contributed by atoms with Crippen LogP contribution in [0.3, 0.4) is 0 Å². The molecule has 0 spiro atoms. The predicted molar refractivity (Wildman–Crippen MR) is 59.3 cm³/mol. The van der Waals surface area contributed by atoms with E-state index in [9.17, 15) is 0 Å². The van der Waals surface area contributed by atoms with Gasteiger partial charge in [-0.2, -0.15) is 0 Å². The SMILES string of the molecule is C[C@@H]1CCCCN1c1ccc(N)nc1. The van der Waals surface area contributed by atoms with Crippen molar-refractivity contribution in [3.8, 4) is 0 Å². The van der Waals surface area contributed by atoms with Crippen LogP contribution in [-0.2, 0) is 0 Å². The topological polar surface area (TPSA) is 42.1 Å². The Labute approximate surface area is 84.9 Å². The molecule has 0 amide bonds. The maximum absolute atomic E-state index is 5.56. The van der Waals surface area contributed by atoms with Gasteiger partial charge in [-0.25, -0.2) is 4.98 Å². The lowest BCUT2D eigenvalue weighted by molar-refractivity contribution is 0.484. The van der Waals surface area contributed by atoms with Crippen LogP contribution >= 0.6 is 0 Å². The Kier molecular flexibility index (Phi) is 2.57. The van der Waals surface area contributed by atoms with E-state index in [0.29, 0.717) is 11.9 Å². The van der Waals surface area contributed by atoms with E-state index in [1.54, 1.807) is 0 Å². The van der Waals surface area contributed by atoms with E-state index in [2.05, 4.69) is 22.9 Å². The third kappa shape index (κ3) is 1.81. The van der Waals surface area contributed by atoms with E-state index in [4.69, 9.17) is 5.73 Å². The molecule has 2 rings (SSSR count). The average Bonchev–Trinajstić information content (AvgIpc) is 2.20. The number of hydrogen-bond acceptors (Lipinski definition) is 3. The third-order valence-corrected chi connectivity index (χ3v) is 2.91. The van der Waals surface area contributed by atoms with Crippen molar-refractivity contribution in [3.05, 3.63) is 18.3 Å². The number of piperidine rings is 1. The maximum atomic E-state index is 5.56. The summed E-state index contributed by atoms with van der Waals surface area (Å²) in [4.78, 5) is 6.54. The molecule has 76 valence electrons. The van der Waals surface area contributed by atoms with Crippen LogP contribution in [-0.4, -0.2) is 17.6 Å². The summed E-state index contributed by atoms with van der Waals surface area (Å²) in [5.41, 5.74) is 6.76. The van der Waals surface area contributed by atoms with Crippen molar-refractivity contribution in [1.82, 2.24) is 4.98 Å². The highest BCUT2D eigenvalue weighted by molar-refractivity contribution is 5.49. The lowest BCUT2D eigenvalue weighted by Gasteiger charge is -2.35. The monoisotopic (exact) mass is 191 g/mol. The second-order valence-corrected chi connectivity index (χ2v) is 3.98. The van der Waals surface area contributed by atoms with Gasteiger partial charge in [0.2, 0.25) is 0 Å². The fraction of sp³-hybridized carbons (Fsp3) is 0.545. The Morgan fingerprint density at radius 1 is 1.43 bits per heavy atom. The fourth-order valence-electron chi connectivity index (χ4n) is 2.05. The van der Waals surface area contributed by atoms with Gasteiger partial charge in [0, 0.05) is 12.6 Å². The second kappa shape index (κ2) is 3.86. The molecule has 0 radical (unpaired) electrons. The number of hydrogen-bond donors (Lipinski definition) is 1. The van der Waals surface area contributed by atoms with Crippen LogP contribution < -0.4 is 10.6 Å². The van der Waals surface area contributed by atoms with Crippen molar-refractivity contribution in [3.63, 3.8) is 0 Å². The summed E-state index contributed by atoms with van der Waals surface area (Å²) >= 11 is 0.